The zero-order valence-corrected chi connectivity index (χ0v) is 11.7. The highest BCUT2D eigenvalue weighted by Gasteiger charge is 2.24. The van der Waals surface area contributed by atoms with E-state index in [1.807, 2.05) is 18.3 Å². The summed E-state index contributed by atoms with van der Waals surface area (Å²) >= 11 is 3.42. The summed E-state index contributed by atoms with van der Waals surface area (Å²) in [7, 11) is 0. The van der Waals surface area contributed by atoms with Crippen LogP contribution in [0.1, 0.15) is 13.3 Å². The molecule has 18 heavy (non-hydrogen) atoms. The Morgan fingerprint density at radius 3 is 3.22 bits per heavy atom. The molecule has 2 aromatic rings. The molecule has 3 heterocycles. The Labute approximate surface area is 114 Å². The molecule has 0 bridgehead atoms. The normalized spacial score (nSPS) is 23.7. The number of aromatic nitrogens is 3. The number of pyridine rings is 1. The minimum absolute atomic E-state index is 0.323. The summed E-state index contributed by atoms with van der Waals surface area (Å²) in [5, 5.41) is 7.67. The summed E-state index contributed by atoms with van der Waals surface area (Å²) < 4.78 is 8.29. The Balaban J connectivity index is 1.71. The Morgan fingerprint density at radius 2 is 2.44 bits per heavy atom. The van der Waals surface area contributed by atoms with Gasteiger partial charge in [0.15, 0.2) is 5.65 Å². The van der Waals surface area contributed by atoms with Gasteiger partial charge in [-0.1, -0.05) is 0 Å². The van der Waals surface area contributed by atoms with Crippen LogP contribution in [0.4, 0.5) is 5.95 Å². The molecule has 96 valence electrons. The van der Waals surface area contributed by atoms with Crippen LogP contribution >= 0.6 is 15.9 Å². The highest BCUT2D eigenvalue weighted by atomic mass is 79.9. The van der Waals surface area contributed by atoms with Crippen LogP contribution in [0.2, 0.25) is 0 Å². The zero-order valence-electron chi connectivity index (χ0n) is 10.1. The van der Waals surface area contributed by atoms with Gasteiger partial charge in [0.25, 0.3) is 0 Å². The van der Waals surface area contributed by atoms with E-state index >= 15 is 0 Å². The van der Waals surface area contributed by atoms with Gasteiger partial charge in [-0.05, 0) is 41.4 Å². The van der Waals surface area contributed by atoms with Crippen molar-refractivity contribution >= 4 is 27.5 Å². The maximum atomic E-state index is 5.54. The van der Waals surface area contributed by atoms with Gasteiger partial charge in [0, 0.05) is 29.7 Å². The van der Waals surface area contributed by atoms with E-state index in [1.165, 1.54) is 0 Å². The molecule has 0 saturated carbocycles. The van der Waals surface area contributed by atoms with Gasteiger partial charge in [0.1, 0.15) is 0 Å². The van der Waals surface area contributed by atoms with E-state index in [2.05, 4.69) is 38.3 Å². The molecule has 1 aliphatic heterocycles. The smallest absolute Gasteiger partial charge is 0.243 e. The van der Waals surface area contributed by atoms with Gasteiger partial charge in [0.2, 0.25) is 5.95 Å². The molecule has 2 aromatic heterocycles. The van der Waals surface area contributed by atoms with Crippen molar-refractivity contribution in [1.29, 1.82) is 0 Å². The first-order valence-electron chi connectivity index (χ1n) is 6.10. The van der Waals surface area contributed by atoms with Crippen molar-refractivity contribution in [3.05, 3.63) is 22.8 Å². The van der Waals surface area contributed by atoms with Gasteiger partial charge in [-0.25, -0.2) is 4.52 Å². The Bertz CT molecular complexity index is 556. The average molecular weight is 311 g/mol. The summed E-state index contributed by atoms with van der Waals surface area (Å²) in [5.41, 5.74) is 0.844. The summed E-state index contributed by atoms with van der Waals surface area (Å²) in [5.74, 6) is 1.22. The number of hydrogen-bond acceptors (Lipinski definition) is 4. The molecule has 0 aliphatic carbocycles. The largest absolute Gasteiger partial charge is 0.378 e. The van der Waals surface area contributed by atoms with E-state index < -0.39 is 0 Å². The molecular formula is C12H15BrN4O. The van der Waals surface area contributed by atoms with Crippen molar-refractivity contribution in [1.82, 2.24) is 14.6 Å². The third-order valence-electron chi connectivity index (χ3n) is 3.35. The predicted octanol–water partition coefficient (Wildman–Crippen LogP) is 2.33. The number of halogens is 1. The fourth-order valence-corrected chi connectivity index (χ4v) is 2.53. The maximum Gasteiger partial charge on any atom is 0.243 e. The van der Waals surface area contributed by atoms with Crippen LogP contribution in [0.3, 0.4) is 0 Å². The number of nitrogens with zero attached hydrogens (tertiary/aromatic N) is 3. The second-order valence-electron chi connectivity index (χ2n) is 4.59. The molecule has 0 spiro atoms. The molecule has 3 rings (SSSR count). The zero-order chi connectivity index (χ0) is 12.5. The van der Waals surface area contributed by atoms with Gasteiger partial charge in [-0.15, -0.1) is 5.10 Å². The van der Waals surface area contributed by atoms with Crippen LogP contribution < -0.4 is 5.32 Å². The number of nitrogens with one attached hydrogen (secondary N) is 1. The minimum Gasteiger partial charge on any atom is -0.378 e. The van der Waals surface area contributed by atoms with Crippen molar-refractivity contribution < 1.29 is 4.74 Å². The van der Waals surface area contributed by atoms with Crippen LogP contribution in [-0.4, -0.2) is 33.9 Å². The Hall–Kier alpha value is -1.14. The summed E-state index contributed by atoms with van der Waals surface area (Å²) in [6.07, 6.45) is 3.32. The van der Waals surface area contributed by atoms with Crippen molar-refractivity contribution in [2.75, 3.05) is 18.5 Å². The minimum atomic E-state index is 0.323. The van der Waals surface area contributed by atoms with Crippen LogP contribution in [0.25, 0.3) is 5.65 Å². The molecule has 2 atom stereocenters. The molecule has 6 heteroatoms. The lowest BCUT2D eigenvalue weighted by atomic mass is 10.0. The highest BCUT2D eigenvalue weighted by molar-refractivity contribution is 9.10. The third-order valence-corrected chi connectivity index (χ3v) is 3.82. The molecule has 1 fully saturated rings. The predicted molar refractivity (Wildman–Crippen MR) is 72.7 cm³/mol. The summed E-state index contributed by atoms with van der Waals surface area (Å²) in [4.78, 5) is 4.42. The lowest BCUT2D eigenvalue weighted by Gasteiger charge is -2.13. The first-order valence-corrected chi connectivity index (χ1v) is 6.89. The molecule has 2 unspecified atom stereocenters. The Morgan fingerprint density at radius 1 is 1.56 bits per heavy atom. The van der Waals surface area contributed by atoms with Crippen LogP contribution in [0.5, 0.6) is 0 Å². The number of anilines is 1. The van der Waals surface area contributed by atoms with Crippen LogP contribution in [0.15, 0.2) is 22.8 Å². The van der Waals surface area contributed by atoms with Crippen molar-refractivity contribution in [3.8, 4) is 0 Å². The van der Waals surface area contributed by atoms with Crippen LogP contribution in [0, 0.1) is 5.92 Å². The second kappa shape index (κ2) is 4.85. The van der Waals surface area contributed by atoms with E-state index in [0.717, 1.165) is 29.7 Å². The van der Waals surface area contributed by atoms with E-state index in [4.69, 9.17) is 4.74 Å². The molecule has 5 nitrogen and oxygen atoms in total. The molecule has 1 saturated heterocycles. The standard InChI is InChI=1S/C12H15BrN4O/c1-8-9(4-5-18-8)6-14-12-15-11-3-2-10(13)7-17(11)16-12/h2-3,7-9H,4-6H2,1H3,(H,14,16). The molecule has 0 radical (unpaired) electrons. The van der Waals surface area contributed by atoms with E-state index in [9.17, 15) is 0 Å². The second-order valence-corrected chi connectivity index (χ2v) is 5.51. The average Bonchev–Trinajstić information content (AvgIpc) is 2.92. The molecule has 0 amide bonds. The Kier molecular flexibility index (Phi) is 3.22. The molecule has 1 aliphatic rings. The third kappa shape index (κ3) is 2.35. The van der Waals surface area contributed by atoms with Gasteiger partial charge < -0.3 is 10.1 Å². The molecule has 1 N–H and O–H groups in total. The lowest BCUT2D eigenvalue weighted by Crippen LogP contribution is -2.21. The quantitative estimate of drug-likeness (QED) is 0.945. The molecular weight excluding hydrogens is 296 g/mol. The van der Waals surface area contributed by atoms with Gasteiger partial charge >= 0.3 is 0 Å². The number of rotatable bonds is 3. The van der Waals surface area contributed by atoms with Gasteiger partial charge in [0.05, 0.1) is 6.10 Å². The number of ether oxygens (including phenoxy) is 1. The fraction of sp³-hybridized carbons (Fsp3) is 0.500. The first kappa shape index (κ1) is 11.9. The van der Waals surface area contributed by atoms with Crippen molar-refractivity contribution in [3.63, 3.8) is 0 Å². The summed E-state index contributed by atoms with van der Waals surface area (Å²) in [6.45, 7) is 3.84. The van der Waals surface area contributed by atoms with E-state index in [0.29, 0.717) is 18.0 Å². The van der Waals surface area contributed by atoms with Gasteiger partial charge in [-0.3, -0.25) is 0 Å². The number of hydrogen-bond donors (Lipinski definition) is 1. The molecule has 0 aromatic carbocycles. The SMILES string of the molecule is CC1OCCC1CNc1nc2ccc(Br)cn2n1. The van der Waals surface area contributed by atoms with E-state index in [-0.39, 0.29) is 0 Å². The maximum absolute atomic E-state index is 5.54. The topological polar surface area (TPSA) is 51.5 Å². The first-order chi connectivity index (χ1) is 8.72. The lowest BCUT2D eigenvalue weighted by molar-refractivity contribution is 0.108. The number of fused-ring (bicyclic) bond motifs is 1. The highest BCUT2D eigenvalue weighted by Crippen LogP contribution is 2.20. The monoisotopic (exact) mass is 310 g/mol. The fourth-order valence-electron chi connectivity index (χ4n) is 2.20. The van der Waals surface area contributed by atoms with Crippen molar-refractivity contribution in [2.45, 2.75) is 19.4 Å². The van der Waals surface area contributed by atoms with Gasteiger partial charge in [-0.2, -0.15) is 4.98 Å². The van der Waals surface area contributed by atoms with E-state index in [1.54, 1.807) is 4.52 Å². The summed E-state index contributed by atoms with van der Waals surface area (Å²) in [6, 6.07) is 3.89. The van der Waals surface area contributed by atoms with Crippen molar-refractivity contribution in [2.24, 2.45) is 5.92 Å². The van der Waals surface area contributed by atoms with Crippen LogP contribution in [-0.2, 0) is 4.74 Å².